The summed E-state index contributed by atoms with van der Waals surface area (Å²) in [4.78, 5) is 11.6. The number of rotatable bonds is 3. The first-order valence-corrected chi connectivity index (χ1v) is 6.76. The number of carbonyl (C=O) groups excluding carboxylic acids is 1. The predicted molar refractivity (Wildman–Crippen MR) is 80.3 cm³/mol. The van der Waals surface area contributed by atoms with Gasteiger partial charge in [0.25, 0.3) is 0 Å². The molecule has 0 aliphatic heterocycles. The molecular weight excluding hydrogens is 270 g/mol. The second kappa shape index (κ2) is 5.63. The van der Waals surface area contributed by atoms with Gasteiger partial charge in [0, 0.05) is 13.6 Å². The smallest absolute Gasteiger partial charge is 0.407 e. The Morgan fingerprint density at radius 1 is 1.38 bits per heavy atom. The van der Waals surface area contributed by atoms with Crippen molar-refractivity contribution >= 4 is 17.0 Å². The molecule has 0 aliphatic carbocycles. The van der Waals surface area contributed by atoms with Crippen LogP contribution in [0.2, 0.25) is 0 Å². The number of methoxy groups -OCH3 is 1. The summed E-state index contributed by atoms with van der Waals surface area (Å²) < 4.78 is 12.2. The van der Waals surface area contributed by atoms with E-state index in [-0.39, 0.29) is 0 Å². The molecule has 1 heterocycles. The second-order valence-electron chi connectivity index (χ2n) is 5.84. The zero-order valence-electron chi connectivity index (χ0n) is 13.1. The van der Waals surface area contributed by atoms with Crippen LogP contribution in [0, 0.1) is 0 Å². The lowest BCUT2D eigenvalue weighted by molar-refractivity contribution is 0.0523. The molecule has 0 saturated heterocycles. The van der Waals surface area contributed by atoms with Gasteiger partial charge in [0.05, 0.1) is 18.0 Å². The number of nitrogens with one attached hydrogen (secondary N) is 1. The van der Waals surface area contributed by atoms with Crippen LogP contribution in [0.15, 0.2) is 18.2 Å². The molecule has 0 fully saturated rings. The summed E-state index contributed by atoms with van der Waals surface area (Å²) in [7, 11) is 3.46. The van der Waals surface area contributed by atoms with Gasteiger partial charge >= 0.3 is 6.09 Å². The van der Waals surface area contributed by atoms with Gasteiger partial charge in [-0.25, -0.2) is 4.79 Å². The Balaban J connectivity index is 2.11. The fourth-order valence-corrected chi connectivity index (χ4v) is 2.03. The maximum atomic E-state index is 11.6. The van der Waals surface area contributed by atoms with Gasteiger partial charge in [0.2, 0.25) is 5.88 Å². The van der Waals surface area contributed by atoms with Gasteiger partial charge in [-0.3, -0.25) is 4.68 Å². The molecule has 1 aromatic heterocycles. The Bertz CT molecular complexity index is 656. The van der Waals surface area contributed by atoms with Crippen LogP contribution in [0.5, 0.6) is 5.88 Å². The molecule has 0 radical (unpaired) electrons. The molecule has 114 valence electrons. The molecule has 0 aliphatic rings. The van der Waals surface area contributed by atoms with Crippen molar-refractivity contribution in [2.24, 2.45) is 7.05 Å². The molecule has 0 spiro atoms. The van der Waals surface area contributed by atoms with E-state index in [0.717, 1.165) is 16.5 Å². The molecule has 0 atom stereocenters. The van der Waals surface area contributed by atoms with Gasteiger partial charge in [-0.15, -0.1) is 5.10 Å². The molecule has 0 bridgehead atoms. The third-order valence-corrected chi connectivity index (χ3v) is 2.91. The van der Waals surface area contributed by atoms with Crippen LogP contribution in [0.3, 0.4) is 0 Å². The van der Waals surface area contributed by atoms with Gasteiger partial charge < -0.3 is 14.8 Å². The van der Waals surface area contributed by atoms with Crippen molar-refractivity contribution in [2.45, 2.75) is 32.9 Å². The fourth-order valence-electron chi connectivity index (χ4n) is 2.03. The second-order valence-corrected chi connectivity index (χ2v) is 5.84. The molecule has 0 unspecified atom stereocenters. The van der Waals surface area contributed by atoms with E-state index in [9.17, 15) is 4.79 Å². The highest BCUT2D eigenvalue weighted by molar-refractivity contribution is 5.85. The van der Waals surface area contributed by atoms with Crippen molar-refractivity contribution < 1.29 is 14.3 Å². The highest BCUT2D eigenvalue weighted by Crippen LogP contribution is 2.25. The summed E-state index contributed by atoms with van der Waals surface area (Å²) >= 11 is 0. The first kappa shape index (κ1) is 15.2. The zero-order valence-corrected chi connectivity index (χ0v) is 13.1. The minimum Gasteiger partial charge on any atom is -0.479 e. The number of carbonyl (C=O) groups is 1. The van der Waals surface area contributed by atoms with Crippen LogP contribution >= 0.6 is 0 Å². The van der Waals surface area contributed by atoms with Gasteiger partial charge in [-0.1, -0.05) is 6.07 Å². The summed E-state index contributed by atoms with van der Waals surface area (Å²) in [5, 5.41) is 7.93. The quantitative estimate of drug-likeness (QED) is 0.944. The Morgan fingerprint density at radius 2 is 2.10 bits per heavy atom. The van der Waals surface area contributed by atoms with Crippen LogP contribution in [0.4, 0.5) is 4.79 Å². The van der Waals surface area contributed by atoms with Crippen molar-refractivity contribution in [3.8, 4) is 5.88 Å². The zero-order chi connectivity index (χ0) is 15.6. The number of alkyl carbamates (subject to hydrolysis) is 1. The first-order chi connectivity index (χ1) is 9.80. The Labute approximate surface area is 124 Å². The first-order valence-electron chi connectivity index (χ1n) is 6.76. The maximum Gasteiger partial charge on any atom is 0.407 e. The van der Waals surface area contributed by atoms with E-state index in [1.807, 2.05) is 46.0 Å². The van der Waals surface area contributed by atoms with Crippen LogP contribution < -0.4 is 10.1 Å². The Morgan fingerprint density at radius 3 is 2.71 bits per heavy atom. The van der Waals surface area contributed by atoms with Crippen LogP contribution in [-0.2, 0) is 18.3 Å². The number of fused-ring (bicyclic) bond motifs is 1. The lowest BCUT2D eigenvalue weighted by Crippen LogP contribution is -2.32. The Hall–Kier alpha value is -2.24. The summed E-state index contributed by atoms with van der Waals surface area (Å²) in [5.74, 6) is 0.576. The number of ether oxygens (including phenoxy) is 2. The van der Waals surface area contributed by atoms with Crippen LogP contribution in [0.25, 0.3) is 10.9 Å². The van der Waals surface area contributed by atoms with Crippen molar-refractivity contribution in [3.63, 3.8) is 0 Å². The van der Waals surface area contributed by atoms with Crippen molar-refractivity contribution in [1.82, 2.24) is 15.1 Å². The SMILES string of the molecule is COc1nn(C)c2ccc(CNC(=O)OC(C)(C)C)cc12. The van der Waals surface area contributed by atoms with Gasteiger partial charge in [0.1, 0.15) is 5.60 Å². The number of aryl methyl sites for hydroxylation is 1. The van der Waals surface area contributed by atoms with Crippen molar-refractivity contribution in [1.29, 1.82) is 0 Å². The van der Waals surface area contributed by atoms with E-state index in [4.69, 9.17) is 9.47 Å². The van der Waals surface area contributed by atoms with Crippen molar-refractivity contribution in [2.75, 3.05) is 7.11 Å². The van der Waals surface area contributed by atoms with Crippen LogP contribution in [-0.4, -0.2) is 28.6 Å². The molecule has 2 rings (SSSR count). The number of hydrogen-bond donors (Lipinski definition) is 1. The number of amides is 1. The van der Waals surface area contributed by atoms with E-state index in [2.05, 4.69) is 10.4 Å². The van der Waals surface area contributed by atoms with Crippen molar-refractivity contribution in [3.05, 3.63) is 23.8 Å². The third kappa shape index (κ3) is 3.65. The third-order valence-electron chi connectivity index (χ3n) is 2.91. The highest BCUT2D eigenvalue weighted by Gasteiger charge is 2.16. The lowest BCUT2D eigenvalue weighted by atomic mass is 10.1. The normalized spacial score (nSPS) is 11.5. The summed E-state index contributed by atoms with van der Waals surface area (Å²) in [5.41, 5.74) is 1.44. The lowest BCUT2D eigenvalue weighted by Gasteiger charge is -2.19. The molecule has 1 aromatic carbocycles. The molecular formula is C15H21N3O3. The van der Waals surface area contributed by atoms with E-state index in [1.165, 1.54) is 0 Å². The summed E-state index contributed by atoms with van der Waals surface area (Å²) in [6.07, 6.45) is -0.430. The molecule has 2 aromatic rings. The summed E-state index contributed by atoms with van der Waals surface area (Å²) in [6, 6.07) is 5.86. The number of nitrogens with zero attached hydrogens (tertiary/aromatic N) is 2. The topological polar surface area (TPSA) is 65.4 Å². The minimum atomic E-state index is -0.499. The molecule has 6 heteroatoms. The van der Waals surface area contributed by atoms with E-state index < -0.39 is 11.7 Å². The number of benzene rings is 1. The highest BCUT2D eigenvalue weighted by atomic mass is 16.6. The summed E-state index contributed by atoms with van der Waals surface area (Å²) in [6.45, 7) is 5.89. The molecule has 21 heavy (non-hydrogen) atoms. The average molecular weight is 291 g/mol. The largest absolute Gasteiger partial charge is 0.479 e. The monoisotopic (exact) mass is 291 g/mol. The number of aromatic nitrogens is 2. The van der Waals surface area contributed by atoms with E-state index in [1.54, 1.807) is 11.8 Å². The maximum absolute atomic E-state index is 11.6. The Kier molecular flexibility index (Phi) is 4.06. The molecule has 1 N–H and O–H groups in total. The number of hydrogen-bond acceptors (Lipinski definition) is 4. The minimum absolute atomic E-state index is 0.392. The fraction of sp³-hybridized carbons (Fsp3) is 0.467. The van der Waals surface area contributed by atoms with Gasteiger partial charge in [-0.05, 0) is 38.5 Å². The van der Waals surface area contributed by atoms with Gasteiger partial charge in [-0.2, -0.15) is 0 Å². The standard InChI is InChI=1S/C15H21N3O3/c1-15(2,3)21-14(19)16-9-10-6-7-12-11(8-10)13(20-5)17-18(12)4/h6-8H,9H2,1-5H3,(H,16,19). The average Bonchev–Trinajstić information content (AvgIpc) is 2.71. The molecule has 1 amide bonds. The van der Waals surface area contributed by atoms with E-state index >= 15 is 0 Å². The molecule has 6 nitrogen and oxygen atoms in total. The van der Waals surface area contributed by atoms with E-state index in [0.29, 0.717) is 12.4 Å². The van der Waals surface area contributed by atoms with Crippen LogP contribution in [0.1, 0.15) is 26.3 Å². The molecule has 0 saturated carbocycles. The predicted octanol–water partition coefficient (Wildman–Crippen LogP) is 2.61. The van der Waals surface area contributed by atoms with Gasteiger partial charge in [0.15, 0.2) is 0 Å².